The Hall–Kier alpha value is -2.57. The highest BCUT2D eigenvalue weighted by Crippen LogP contribution is 2.27. The number of rotatable bonds is 4. The molecule has 3 aromatic rings. The zero-order chi connectivity index (χ0) is 18.8. The van der Waals surface area contributed by atoms with E-state index in [2.05, 4.69) is 32.3 Å². The van der Waals surface area contributed by atoms with Gasteiger partial charge < -0.3 is 5.32 Å². The van der Waals surface area contributed by atoms with Gasteiger partial charge in [0.25, 0.3) is 0 Å². The first-order chi connectivity index (χ1) is 13.1. The molecule has 138 valence electrons. The molecule has 0 spiro atoms. The Morgan fingerprint density at radius 2 is 1.89 bits per heavy atom. The predicted octanol–water partition coefficient (Wildman–Crippen LogP) is 4.71. The lowest BCUT2D eigenvalue weighted by Gasteiger charge is -2.28. The van der Waals surface area contributed by atoms with Gasteiger partial charge in [-0.3, -0.25) is 4.90 Å². The molecule has 4 nitrogen and oxygen atoms in total. The quantitative estimate of drug-likeness (QED) is 0.659. The smallest absolute Gasteiger partial charge is 0.228 e. The van der Waals surface area contributed by atoms with Gasteiger partial charge in [0.2, 0.25) is 5.95 Å². The predicted molar refractivity (Wildman–Crippen MR) is 101 cm³/mol. The van der Waals surface area contributed by atoms with E-state index in [1.54, 1.807) is 0 Å². The zero-order valence-corrected chi connectivity index (χ0v) is 15.2. The Balaban J connectivity index is 1.53. The van der Waals surface area contributed by atoms with Crippen LogP contribution in [0.2, 0.25) is 5.15 Å². The molecule has 0 aliphatic carbocycles. The fourth-order valence-corrected chi connectivity index (χ4v) is 3.42. The normalized spacial score (nSPS) is 14.0. The SMILES string of the molecule is Fc1ccc(F)c(Nc2nc(Cl)c3c(n2)CCN(Cc2ccccc2)C3)c1. The molecule has 4 rings (SSSR count). The number of nitrogens with one attached hydrogen (secondary N) is 1. The van der Waals surface area contributed by atoms with Gasteiger partial charge in [-0.1, -0.05) is 41.9 Å². The number of aromatic nitrogens is 2. The number of anilines is 2. The van der Waals surface area contributed by atoms with E-state index < -0.39 is 11.6 Å². The van der Waals surface area contributed by atoms with Crippen molar-refractivity contribution in [2.45, 2.75) is 19.5 Å². The minimum Gasteiger partial charge on any atom is -0.322 e. The van der Waals surface area contributed by atoms with Gasteiger partial charge in [-0.05, 0) is 17.7 Å². The monoisotopic (exact) mass is 386 g/mol. The highest BCUT2D eigenvalue weighted by Gasteiger charge is 2.22. The fraction of sp³-hybridized carbons (Fsp3) is 0.200. The molecule has 1 aromatic heterocycles. The molecule has 0 amide bonds. The summed E-state index contributed by atoms with van der Waals surface area (Å²) in [5, 5.41) is 3.05. The van der Waals surface area contributed by atoms with Crippen LogP contribution >= 0.6 is 11.6 Å². The topological polar surface area (TPSA) is 41.1 Å². The highest BCUT2D eigenvalue weighted by molar-refractivity contribution is 6.30. The van der Waals surface area contributed by atoms with Gasteiger partial charge in [-0.15, -0.1) is 0 Å². The van der Waals surface area contributed by atoms with Crippen LogP contribution in [-0.2, 0) is 19.5 Å². The van der Waals surface area contributed by atoms with E-state index in [0.29, 0.717) is 18.1 Å². The van der Waals surface area contributed by atoms with Crippen LogP contribution < -0.4 is 5.32 Å². The molecule has 7 heteroatoms. The molecule has 0 radical (unpaired) electrons. The number of halogens is 3. The molecule has 0 saturated carbocycles. The van der Waals surface area contributed by atoms with Crippen molar-refractivity contribution in [1.82, 2.24) is 14.9 Å². The number of benzene rings is 2. The first-order valence-electron chi connectivity index (χ1n) is 8.62. The maximum absolute atomic E-state index is 13.8. The van der Waals surface area contributed by atoms with Crippen molar-refractivity contribution in [1.29, 1.82) is 0 Å². The van der Waals surface area contributed by atoms with E-state index in [-0.39, 0.29) is 11.6 Å². The van der Waals surface area contributed by atoms with Crippen LogP contribution in [-0.4, -0.2) is 21.4 Å². The Kier molecular flexibility index (Phi) is 5.01. The van der Waals surface area contributed by atoms with Crippen molar-refractivity contribution in [3.05, 3.63) is 82.1 Å². The summed E-state index contributed by atoms with van der Waals surface area (Å²) in [6.07, 6.45) is 0.713. The summed E-state index contributed by atoms with van der Waals surface area (Å²) < 4.78 is 27.2. The Morgan fingerprint density at radius 3 is 2.70 bits per heavy atom. The van der Waals surface area contributed by atoms with Crippen molar-refractivity contribution in [3.63, 3.8) is 0 Å². The van der Waals surface area contributed by atoms with Crippen LogP contribution in [0.4, 0.5) is 20.4 Å². The van der Waals surface area contributed by atoms with Gasteiger partial charge in [0.05, 0.1) is 11.4 Å². The average Bonchev–Trinajstić information content (AvgIpc) is 2.66. The first-order valence-corrected chi connectivity index (χ1v) is 9.00. The van der Waals surface area contributed by atoms with E-state index in [1.165, 1.54) is 5.56 Å². The number of fused-ring (bicyclic) bond motifs is 1. The van der Waals surface area contributed by atoms with Gasteiger partial charge in [-0.25, -0.2) is 18.7 Å². The standard InChI is InChI=1S/C20H17ClF2N4/c21-19-15-12-27(11-13-4-2-1-3-5-13)9-8-17(15)24-20(26-19)25-18-10-14(22)6-7-16(18)23/h1-7,10H,8-9,11-12H2,(H,24,25,26). The van der Waals surface area contributed by atoms with Gasteiger partial charge in [0.1, 0.15) is 16.8 Å². The molecular weight excluding hydrogens is 370 g/mol. The van der Waals surface area contributed by atoms with Crippen molar-refractivity contribution < 1.29 is 8.78 Å². The number of hydrogen-bond donors (Lipinski definition) is 1. The molecule has 0 unspecified atom stereocenters. The van der Waals surface area contributed by atoms with Gasteiger partial charge >= 0.3 is 0 Å². The Morgan fingerprint density at radius 1 is 1.07 bits per heavy atom. The Labute approximate surface area is 160 Å². The second-order valence-corrected chi connectivity index (χ2v) is 6.82. The zero-order valence-electron chi connectivity index (χ0n) is 14.4. The molecule has 1 aliphatic rings. The fourth-order valence-electron chi connectivity index (χ4n) is 3.18. The van der Waals surface area contributed by atoms with Gasteiger partial charge in [-0.2, -0.15) is 0 Å². The van der Waals surface area contributed by atoms with Crippen LogP contribution in [0, 0.1) is 11.6 Å². The summed E-state index contributed by atoms with van der Waals surface area (Å²) >= 11 is 6.37. The minimum atomic E-state index is -0.581. The lowest BCUT2D eigenvalue weighted by atomic mass is 10.1. The van der Waals surface area contributed by atoms with Crippen LogP contribution in [0.3, 0.4) is 0 Å². The molecule has 27 heavy (non-hydrogen) atoms. The summed E-state index contributed by atoms with van der Waals surface area (Å²) in [7, 11) is 0. The second-order valence-electron chi connectivity index (χ2n) is 6.46. The summed E-state index contributed by atoms with van der Waals surface area (Å²) in [5.74, 6) is -0.956. The van der Waals surface area contributed by atoms with Crippen LogP contribution in [0.5, 0.6) is 0 Å². The van der Waals surface area contributed by atoms with E-state index in [0.717, 1.165) is 42.5 Å². The van der Waals surface area contributed by atoms with Crippen LogP contribution in [0.25, 0.3) is 0 Å². The molecule has 0 saturated heterocycles. The van der Waals surface area contributed by atoms with Crippen molar-refractivity contribution >= 4 is 23.2 Å². The second kappa shape index (κ2) is 7.58. The molecule has 0 bridgehead atoms. The first kappa shape index (κ1) is 17.8. The molecule has 0 fully saturated rings. The third-order valence-corrected chi connectivity index (χ3v) is 4.83. The van der Waals surface area contributed by atoms with E-state index in [4.69, 9.17) is 11.6 Å². The van der Waals surface area contributed by atoms with Crippen molar-refractivity contribution in [3.8, 4) is 0 Å². The van der Waals surface area contributed by atoms with Crippen LogP contribution in [0.15, 0.2) is 48.5 Å². The molecule has 0 atom stereocenters. The summed E-state index contributed by atoms with van der Waals surface area (Å²) in [4.78, 5) is 11.0. The molecular formula is C20H17ClF2N4. The van der Waals surface area contributed by atoms with Crippen LogP contribution in [0.1, 0.15) is 16.8 Å². The number of hydrogen-bond acceptors (Lipinski definition) is 4. The lowest BCUT2D eigenvalue weighted by Crippen LogP contribution is -2.31. The number of nitrogens with zero attached hydrogens (tertiary/aromatic N) is 3. The molecule has 1 aliphatic heterocycles. The van der Waals surface area contributed by atoms with Gasteiger partial charge in [0, 0.05) is 37.7 Å². The van der Waals surface area contributed by atoms with Crippen molar-refractivity contribution in [2.75, 3.05) is 11.9 Å². The maximum Gasteiger partial charge on any atom is 0.228 e. The lowest BCUT2D eigenvalue weighted by molar-refractivity contribution is 0.243. The third kappa shape index (κ3) is 4.07. The minimum absolute atomic E-state index is 0.0208. The average molecular weight is 387 g/mol. The molecule has 1 N–H and O–H groups in total. The summed E-state index contributed by atoms with van der Waals surface area (Å²) in [5.41, 5.74) is 2.92. The van der Waals surface area contributed by atoms with Crippen molar-refractivity contribution in [2.24, 2.45) is 0 Å². The van der Waals surface area contributed by atoms with Gasteiger partial charge in [0.15, 0.2) is 0 Å². The molecule has 2 aromatic carbocycles. The summed E-state index contributed by atoms with van der Waals surface area (Å²) in [6, 6.07) is 13.4. The van der Waals surface area contributed by atoms with E-state index >= 15 is 0 Å². The maximum atomic E-state index is 13.8. The largest absolute Gasteiger partial charge is 0.322 e. The Bertz CT molecular complexity index is 966. The summed E-state index contributed by atoms with van der Waals surface area (Å²) in [6.45, 7) is 2.31. The highest BCUT2D eigenvalue weighted by atomic mass is 35.5. The van der Waals surface area contributed by atoms with E-state index in [9.17, 15) is 8.78 Å². The molecule has 2 heterocycles. The third-order valence-electron chi connectivity index (χ3n) is 4.51. The van der Waals surface area contributed by atoms with E-state index in [1.807, 2.05) is 18.2 Å².